The first-order valence-electron chi connectivity index (χ1n) is 1.95. The molecule has 0 saturated heterocycles. The third kappa shape index (κ3) is 1.38. The summed E-state index contributed by atoms with van der Waals surface area (Å²) in [6.45, 7) is 0. The molecule has 44 valence electrons. The van der Waals surface area contributed by atoms with Crippen LogP contribution in [0, 0.1) is 0 Å². The largest absolute Gasteiger partial charge is 0.475 e. The Bertz CT molecular complexity index is 162. The average molecular weight is 119 g/mol. The van der Waals surface area contributed by atoms with E-state index < -0.39 is 17.7 Å². The Hall–Kier alpha value is -1.39. The lowest BCUT2D eigenvalue weighted by molar-refractivity contribution is -0.159. The number of carbonyl (C=O) groups is 3. The van der Waals surface area contributed by atoms with Crippen molar-refractivity contribution in [1.29, 1.82) is 1.43 Å². The van der Waals surface area contributed by atoms with Gasteiger partial charge in [-0.2, -0.15) is 0 Å². The van der Waals surface area contributed by atoms with Crippen LogP contribution in [0.4, 0.5) is 0 Å². The smallest absolute Gasteiger partial charge is 0.384 e. The highest BCUT2D eigenvalue weighted by Gasteiger charge is 2.19. The normalized spacial score (nSPS) is 9.25. The van der Waals surface area contributed by atoms with Crippen LogP contribution in [0.5, 0.6) is 0 Å². The van der Waals surface area contributed by atoms with Gasteiger partial charge >= 0.3 is 17.7 Å². The highest BCUT2D eigenvalue weighted by Crippen LogP contribution is 1.69. The van der Waals surface area contributed by atoms with E-state index in [0.717, 1.165) is 0 Å². The summed E-state index contributed by atoms with van der Waals surface area (Å²) in [6.07, 6.45) is 0. The fraction of sp³-hybridized carbons (Fsp3) is 0. The fourth-order valence-corrected chi connectivity index (χ4v) is 0.0873. The summed E-state index contributed by atoms with van der Waals surface area (Å²) in [4.78, 5) is 29.3. The van der Waals surface area contributed by atoms with Gasteiger partial charge in [0.1, 0.15) is 0 Å². The molecule has 0 spiro atoms. The van der Waals surface area contributed by atoms with E-state index in [9.17, 15) is 14.4 Å². The van der Waals surface area contributed by atoms with Crippen LogP contribution in [0.15, 0.2) is 0 Å². The molecule has 5 nitrogen and oxygen atoms in total. The standard InChI is InChI=1S/C3H2O5/c4-1(2(5)6)3(7)8/h(H,5,6)(H,7,8)/i/hD. The van der Waals surface area contributed by atoms with Gasteiger partial charge in [0, 0.05) is 0 Å². The van der Waals surface area contributed by atoms with E-state index >= 15 is 0 Å². The summed E-state index contributed by atoms with van der Waals surface area (Å²) >= 11 is 0. The first kappa shape index (κ1) is 4.76. The van der Waals surface area contributed by atoms with Gasteiger partial charge in [-0.25, -0.2) is 9.59 Å². The zero-order valence-corrected chi connectivity index (χ0v) is 3.58. The van der Waals surface area contributed by atoms with Gasteiger partial charge in [-0.15, -0.1) is 0 Å². The van der Waals surface area contributed by atoms with Crippen LogP contribution >= 0.6 is 0 Å². The Morgan fingerprint density at radius 2 is 1.75 bits per heavy atom. The van der Waals surface area contributed by atoms with Crippen LogP contribution in [0.3, 0.4) is 0 Å². The Kier molecular flexibility index (Phi) is 1.23. The summed E-state index contributed by atoms with van der Waals surface area (Å²) in [5.41, 5.74) is 0. The quantitative estimate of drug-likeness (QED) is 0.349. The lowest BCUT2D eigenvalue weighted by atomic mass is 10.4. The second-order valence-electron chi connectivity index (χ2n) is 0.922. The molecule has 0 aliphatic rings. The molecule has 0 amide bonds. The number of hydrogen-bond donors (Lipinski definition) is 2. The van der Waals surface area contributed by atoms with E-state index in [1.807, 2.05) is 0 Å². The molecule has 0 aliphatic carbocycles. The van der Waals surface area contributed by atoms with Crippen molar-refractivity contribution in [2.24, 2.45) is 0 Å². The fourth-order valence-electron chi connectivity index (χ4n) is 0.0873. The Balaban J connectivity index is 4.05. The van der Waals surface area contributed by atoms with Crippen molar-refractivity contribution >= 4 is 17.7 Å². The lowest BCUT2D eigenvalue weighted by Gasteiger charge is -1.80. The summed E-state index contributed by atoms with van der Waals surface area (Å²) in [6, 6.07) is 0. The summed E-state index contributed by atoms with van der Waals surface area (Å²) in [7, 11) is 0. The average Bonchev–Trinajstić information content (AvgIpc) is 1.84. The topological polar surface area (TPSA) is 91.7 Å². The molecule has 0 rings (SSSR count). The monoisotopic (exact) mass is 119 g/mol. The minimum absolute atomic E-state index is 1.69. The molecule has 0 aliphatic heterocycles. The number of aliphatic carboxylic acids is 2. The third-order valence-electron chi connectivity index (χ3n) is 0.380. The van der Waals surface area contributed by atoms with Crippen molar-refractivity contribution < 1.29 is 24.6 Å². The molecule has 0 aromatic rings. The predicted octanol–water partition coefficient (Wildman–Crippen LogP) is -1.28. The van der Waals surface area contributed by atoms with Gasteiger partial charge in [-0.05, 0) is 0 Å². The first-order chi connectivity index (χ1) is 4.09. The Labute approximate surface area is 45.0 Å². The minimum atomic E-state index is -1.92. The number of carboxylic acids is 2. The zero-order valence-electron chi connectivity index (χ0n) is 4.58. The number of hydrogen-bond acceptors (Lipinski definition) is 4. The summed E-state index contributed by atoms with van der Waals surface area (Å²) in [5, 5.41) is 10.8. The van der Waals surface area contributed by atoms with E-state index in [4.69, 9.17) is 6.54 Å². The van der Waals surface area contributed by atoms with Gasteiger partial charge in [-0.1, -0.05) is 0 Å². The number of rotatable bonds is 2. The highest BCUT2D eigenvalue weighted by molar-refractivity contribution is 6.59. The van der Waals surface area contributed by atoms with Crippen molar-refractivity contribution in [3.05, 3.63) is 0 Å². The van der Waals surface area contributed by atoms with Crippen molar-refractivity contribution in [3.8, 4) is 0 Å². The summed E-state index contributed by atoms with van der Waals surface area (Å²) in [5.74, 6) is -5.36. The molecule has 0 radical (unpaired) electrons. The number of carboxylic acid groups (broad SMARTS) is 2. The van der Waals surface area contributed by atoms with Crippen molar-refractivity contribution in [1.82, 2.24) is 0 Å². The Morgan fingerprint density at radius 3 is 1.88 bits per heavy atom. The van der Waals surface area contributed by atoms with Gasteiger partial charge in [-0.3, -0.25) is 4.79 Å². The van der Waals surface area contributed by atoms with Crippen LogP contribution in [0.1, 0.15) is 0 Å². The molecule has 5 heteroatoms. The lowest BCUT2D eigenvalue weighted by Crippen LogP contribution is -2.22. The zero-order chi connectivity index (χ0) is 7.44. The van der Waals surface area contributed by atoms with Gasteiger partial charge in [0.2, 0.25) is 0 Å². The molecule has 0 aromatic carbocycles. The van der Waals surface area contributed by atoms with Crippen molar-refractivity contribution in [2.45, 2.75) is 0 Å². The van der Waals surface area contributed by atoms with Crippen LogP contribution in [0.25, 0.3) is 1.43 Å². The van der Waals surface area contributed by atoms with Crippen molar-refractivity contribution in [3.63, 3.8) is 0 Å². The van der Waals surface area contributed by atoms with E-state index in [1.54, 1.807) is 0 Å². The van der Waals surface area contributed by atoms with E-state index in [-0.39, 0.29) is 0 Å². The molecule has 0 saturated carbocycles. The van der Waals surface area contributed by atoms with Gasteiger partial charge in [0.15, 0.2) is 0 Å². The van der Waals surface area contributed by atoms with Gasteiger partial charge in [0.25, 0.3) is 1.43 Å². The molecular weight excluding hydrogens is 116 g/mol. The maximum absolute atomic E-state index is 9.88. The summed E-state index contributed by atoms with van der Waals surface area (Å²) < 4.78 is 5.80. The molecule has 0 aromatic heterocycles. The van der Waals surface area contributed by atoms with Crippen LogP contribution in [-0.2, 0) is 14.4 Å². The molecule has 0 atom stereocenters. The van der Waals surface area contributed by atoms with Gasteiger partial charge < -0.3 is 10.2 Å². The van der Waals surface area contributed by atoms with E-state index in [0.29, 0.717) is 0 Å². The molecule has 2 N–H and O–H groups in total. The molecule has 8 heavy (non-hydrogen) atoms. The second-order valence-corrected chi connectivity index (χ2v) is 0.922. The maximum Gasteiger partial charge on any atom is 0.384 e. The third-order valence-corrected chi connectivity index (χ3v) is 0.380. The highest BCUT2D eigenvalue weighted by atomic mass is 16.4. The molecule has 0 bridgehead atoms. The molecular formula is C3H2O5. The van der Waals surface area contributed by atoms with Crippen LogP contribution in [0.2, 0.25) is 0 Å². The number of carbonyl (C=O) groups excluding carboxylic acids is 1. The predicted molar refractivity (Wildman–Crippen MR) is 20.3 cm³/mol. The first-order valence-corrected chi connectivity index (χ1v) is 1.54. The van der Waals surface area contributed by atoms with Crippen LogP contribution in [-0.4, -0.2) is 27.9 Å². The molecule has 0 heterocycles. The van der Waals surface area contributed by atoms with E-state index in [1.165, 1.54) is 0 Å². The van der Waals surface area contributed by atoms with E-state index in [2.05, 4.69) is 5.11 Å². The van der Waals surface area contributed by atoms with Gasteiger partial charge in [0.05, 0.1) is 0 Å². The van der Waals surface area contributed by atoms with Crippen LogP contribution < -0.4 is 0 Å². The minimum Gasteiger partial charge on any atom is -0.475 e. The number of ketones is 1. The molecule has 0 fully saturated rings. The van der Waals surface area contributed by atoms with Crippen molar-refractivity contribution in [2.75, 3.05) is 0 Å². The second kappa shape index (κ2) is 2.06. The maximum atomic E-state index is 9.88. The Morgan fingerprint density at radius 1 is 1.25 bits per heavy atom. The molecule has 0 unspecified atom stereocenters. The number of Topliss-reactive ketones (excluding diaryl/α,β-unsaturated/α-hetero) is 1. The SMILES string of the molecule is [2H]OC(=O)C(=O)C(=O)O.